The monoisotopic (exact) mass is 321 g/mol. The number of hydrogen-bond donors (Lipinski definition) is 2. The van der Waals surface area contributed by atoms with Gasteiger partial charge in [-0.2, -0.15) is 4.57 Å². The highest BCUT2D eigenvalue weighted by molar-refractivity contribution is 7.80. The van der Waals surface area contributed by atoms with Crippen LogP contribution < -0.4 is 9.88 Å². The van der Waals surface area contributed by atoms with Crippen molar-refractivity contribution in [2.45, 2.75) is 19.6 Å². The van der Waals surface area contributed by atoms with Crippen molar-refractivity contribution in [3.05, 3.63) is 52.5 Å². The number of ketones is 1. The summed E-state index contributed by atoms with van der Waals surface area (Å²) in [6.07, 6.45) is 3.54. The molecule has 0 aliphatic carbocycles. The molecule has 2 rings (SSSR count). The second-order valence-electron chi connectivity index (χ2n) is 4.46. The van der Waals surface area contributed by atoms with Crippen molar-refractivity contribution in [3.63, 3.8) is 0 Å². The molecule has 0 aromatic carbocycles. The first-order chi connectivity index (χ1) is 10.2. The van der Waals surface area contributed by atoms with Crippen LogP contribution in [0, 0.1) is 0 Å². The van der Waals surface area contributed by atoms with Gasteiger partial charge in [0.1, 0.15) is 0 Å². The van der Waals surface area contributed by atoms with Crippen LogP contribution in [0.3, 0.4) is 0 Å². The maximum Gasteiger partial charge on any atom is 0.271 e. The summed E-state index contributed by atoms with van der Waals surface area (Å²) in [6, 6.07) is 6.66. The summed E-state index contributed by atoms with van der Waals surface area (Å²) >= 11 is 6.78. The van der Waals surface area contributed by atoms with E-state index in [0.717, 1.165) is 5.56 Å². The Hall–Kier alpha value is -1.63. The lowest BCUT2D eigenvalue weighted by Crippen LogP contribution is -2.51. The van der Waals surface area contributed by atoms with Gasteiger partial charge in [0.25, 0.3) is 6.04 Å². The third kappa shape index (κ3) is 3.72. The second kappa shape index (κ2) is 7.40. The van der Waals surface area contributed by atoms with Crippen molar-refractivity contribution < 1.29 is 14.5 Å². The van der Waals surface area contributed by atoms with E-state index in [1.807, 2.05) is 18.4 Å². The van der Waals surface area contributed by atoms with Crippen LogP contribution >= 0.6 is 23.6 Å². The molecule has 0 saturated carbocycles. The Morgan fingerprint density at radius 3 is 2.90 bits per heavy atom. The Morgan fingerprint density at radius 1 is 1.48 bits per heavy atom. The summed E-state index contributed by atoms with van der Waals surface area (Å²) in [7, 11) is 0. The van der Waals surface area contributed by atoms with E-state index in [2.05, 4.69) is 5.32 Å². The zero-order valence-electron chi connectivity index (χ0n) is 11.7. The van der Waals surface area contributed by atoms with Gasteiger partial charge in [0.15, 0.2) is 17.4 Å². The molecule has 110 valence electrons. The zero-order chi connectivity index (χ0) is 15.2. The van der Waals surface area contributed by atoms with E-state index < -0.39 is 6.04 Å². The van der Waals surface area contributed by atoms with Gasteiger partial charge in [-0.15, -0.1) is 11.3 Å². The van der Waals surface area contributed by atoms with Crippen LogP contribution in [-0.4, -0.2) is 22.4 Å². The van der Waals surface area contributed by atoms with Crippen LogP contribution in [0.25, 0.3) is 0 Å². The number of Topliss-reactive ketones (excluding diaryl/α,β-unsaturated/α-hetero) is 1. The molecule has 4 nitrogen and oxygen atoms in total. The molecule has 0 fully saturated rings. The van der Waals surface area contributed by atoms with E-state index in [1.165, 1.54) is 11.3 Å². The van der Waals surface area contributed by atoms with E-state index in [9.17, 15) is 9.90 Å². The van der Waals surface area contributed by atoms with Gasteiger partial charge in [0.2, 0.25) is 5.78 Å². The van der Waals surface area contributed by atoms with Crippen molar-refractivity contribution in [2.24, 2.45) is 0 Å². The summed E-state index contributed by atoms with van der Waals surface area (Å²) in [4.78, 5) is 13.9. The number of nitrogens with one attached hydrogen (secondary N) is 1. The number of aromatic nitrogens is 1. The minimum Gasteiger partial charge on any atom is -0.391 e. The Labute approximate surface area is 133 Å². The molecule has 0 radical (unpaired) electrons. The van der Waals surface area contributed by atoms with Crippen LogP contribution in [0.15, 0.2) is 42.0 Å². The second-order valence-corrected chi connectivity index (χ2v) is 5.84. The van der Waals surface area contributed by atoms with Gasteiger partial charge in [-0.25, -0.2) is 0 Å². The fraction of sp³-hybridized carbons (Fsp3) is 0.267. The van der Waals surface area contributed by atoms with Gasteiger partial charge >= 0.3 is 0 Å². The lowest BCUT2D eigenvalue weighted by molar-refractivity contribution is -0.692. The van der Waals surface area contributed by atoms with Crippen molar-refractivity contribution in [1.29, 1.82) is 0 Å². The summed E-state index contributed by atoms with van der Waals surface area (Å²) in [5.41, 5.74) is 0.737. The van der Waals surface area contributed by atoms with Gasteiger partial charge in [-0.3, -0.25) is 4.79 Å². The molecule has 0 spiro atoms. The zero-order valence-corrected chi connectivity index (χ0v) is 13.3. The summed E-state index contributed by atoms with van der Waals surface area (Å²) in [5.74, 6) is -0.0453. The molecule has 1 atom stereocenters. The quantitative estimate of drug-likeness (QED) is 0.485. The molecule has 21 heavy (non-hydrogen) atoms. The Kier molecular flexibility index (Phi) is 5.55. The molecule has 2 heterocycles. The first-order valence-corrected chi connectivity index (χ1v) is 7.92. The third-order valence-electron chi connectivity index (χ3n) is 2.98. The fourth-order valence-electron chi connectivity index (χ4n) is 2.01. The number of aliphatic hydroxyl groups excluding tert-OH is 1. The van der Waals surface area contributed by atoms with Crippen molar-refractivity contribution in [1.82, 2.24) is 5.32 Å². The molecule has 1 unspecified atom stereocenters. The van der Waals surface area contributed by atoms with Crippen LogP contribution in [0.4, 0.5) is 0 Å². The van der Waals surface area contributed by atoms with Gasteiger partial charge in [0.05, 0.1) is 11.5 Å². The summed E-state index contributed by atoms with van der Waals surface area (Å²) < 4.78 is 1.75. The maximum atomic E-state index is 12.7. The van der Waals surface area contributed by atoms with E-state index in [0.29, 0.717) is 16.4 Å². The van der Waals surface area contributed by atoms with E-state index >= 15 is 0 Å². The maximum absolute atomic E-state index is 12.7. The third-order valence-corrected chi connectivity index (χ3v) is 4.23. The lowest BCUT2D eigenvalue weighted by Gasteiger charge is -2.13. The number of carbonyl (C=O) groups is 1. The minimum atomic E-state index is -0.593. The number of thiophene rings is 1. The van der Waals surface area contributed by atoms with E-state index in [1.54, 1.807) is 35.2 Å². The Balaban J connectivity index is 2.40. The molecule has 0 aliphatic heterocycles. The van der Waals surface area contributed by atoms with Crippen LogP contribution in [0.2, 0.25) is 0 Å². The molecule has 6 heteroatoms. The number of pyridine rings is 1. The highest BCUT2D eigenvalue weighted by Gasteiger charge is 2.33. The van der Waals surface area contributed by atoms with Crippen molar-refractivity contribution in [2.75, 3.05) is 6.54 Å². The van der Waals surface area contributed by atoms with Crippen molar-refractivity contribution >= 4 is 34.3 Å². The minimum absolute atomic E-state index is 0.0453. The SMILES string of the molecule is CCNC(=S)C(C(=O)c1cccs1)[n+]1cccc(CO)c1. The van der Waals surface area contributed by atoms with Crippen LogP contribution in [0.1, 0.15) is 28.2 Å². The molecule has 0 aliphatic rings. The Morgan fingerprint density at radius 2 is 2.29 bits per heavy atom. The van der Waals surface area contributed by atoms with Gasteiger partial charge in [-0.05, 0) is 24.4 Å². The van der Waals surface area contributed by atoms with Crippen molar-refractivity contribution in [3.8, 4) is 0 Å². The predicted octanol–water partition coefficient (Wildman–Crippen LogP) is 1.89. The number of aliphatic hydroxyl groups is 1. The number of thiocarbonyl (C=S) groups is 1. The fourth-order valence-corrected chi connectivity index (χ4v) is 3.07. The largest absolute Gasteiger partial charge is 0.391 e. The highest BCUT2D eigenvalue weighted by Crippen LogP contribution is 2.16. The van der Waals surface area contributed by atoms with Gasteiger partial charge in [0, 0.05) is 18.2 Å². The summed E-state index contributed by atoms with van der Waals surface area (Å²) in [5, 5.41) is 14.2. The van der Waals surface area contributed by atoms with E-state index in [-0.39, 0.29) is 12.4 Å². The first-order valence-electron chi connectivity index (χ1n) is 6.63. The number of rotatable bonds is 6. The average Bonchev–Trinajstić information content (AvgIpc) is 3.02. The van der Waals surface area contributed by atoms with Crippen LogP contribution in [-0.2, 0) is 6.61 Å². The normalized spacial score (nSPS) is 11.9. The number of nitrogens with zero attached hydrogens (tertiary/aromatic N) is 1. The topological polar surface area (TPSA) is 53.2 Å². The molecular formula is C15H17N2O2S2+. The highest BCUT2D eigenvalue weighted by atomic mass is 32.1. The number of carbonyl (C=O) groups excluding carboxylic acids is 1. The molecule has 0 amide bonds. The lowest BCUT2D eigenvalue weighted by atomic mass is 10.1. The number of hydrogen-bond acceptors (Lipinski definition) is 4. The molecule has 2 aromatic heterocycles. The number of likely N-dealkylation sites (N-methyl/N-ethyl adjacent to an activating group) is 1. The standard InChI is InChI=1S/C15H16N2O2S2/c1-2-16-15(20)13(14(19)12-6-4-8-21-12)17-7-3-5-11(9-17)10-18/h3-9,13,18H,2,10H2,1H3/p+1. The summed E-state index contributed by atoms with van der Waals surface area (Å²) in [6.45, 7) is 2.52. The molecule has 2 N–H and O–H groups in total. The predicted molar refractivity (Wildman–Crippen MR) is 86.5 cm³/mol. The molecule has 0 saturated heterocycles. The molecule has 2 aromatic rings. The Bertz CT molecular complexity index is 626. The van der Waals surface area contributed by atoms with Crippen LogP contribution in [0.5, 0.6) is 0 Å². The van der Waals surface area contributed by atoms with E-state index in [4.69, 9.17) is 12.2 Å². The van der Waals surface area contributed by atoms with Gasteiger partial charge in [-0.1, -0.05) is 18.3 Å². The molecule has 0 bridgehead atoms. The first kappa shape index (κ1) is 15.8. The average molecular weight is 321 g/mol. The van der Waals surface area contributed by atoms with Gasteiger partial charge < -0.3 is 10.4 Å². The smallest absolute Gasteiger partial charge is 0.271 e. The molecular weight excluding hydrogens is 304 g/mol.